The number of halogens is 2. The second-order valence-electron chi connectivity index (χ2n) is 4.97. The van der Waals surface area contributed by atoms with Crippen LogP contribution in [0, 0.1) is 0 Å². The molecule has 0 radical (unpaired) electrons. The molecule has 0 aliphatic carbocycles. The third-order valence-corrected chi connectivity index (χ3v) is 3.47. The normalized spacial score (nSPS) is 10.3. The van der Waals surface area contributed by atoms with Crippen LogP contribution in [0.3, 0.4) is 0 Å². The largest absolute Gasteiger partial charge is 0.367 e. The summed E-state index contributed by atoms with van der Waals surface area (Å²) in [4.78, 5) is 22.1. The summed E-state index contributed by atoms with van der Waals surface area (Å²) < 4.78 is 0. The molecule has 122 valence electrons. The minimum Gasteiger partial charge on any atom is -0.367 e. The van der Waals surface area contributed by atoms with Gasteiger partial charge in [-0.3, -0.25) is 4.79 Å². The summed E-state index contributed by atoms with van der Waals surface area (Å²) in [6, 6.07) is 5.14. The van der Waals surface area contributed by atoms with Gasteiger partial charge in [0.15, 0.2) is 0 Å². The lowest BCUT2D eigenvalue weighted by molar-refractivity contribution is 0.0955. The van der Waals surface area contributed by atoms with E-state index in [2.05, 4.69) is 20.6 Å². The van der Waals surface area contributed by atoms with Gasteiger partial charge < -0.3 is 15.5 Å². The van der Waals surface area contributed by atoms with Gasteiger partial charge in [-0.2, -0.15) is 0 Å². The van der Waals surface area contributed by atoms with E-state index < -0.39 is 0 Å². The van der Waals surface area contributed by atoms with Crippen molar-refractivity contribution in [2.75, 3.05) is 37.4 Å². The van der Waals surface area contributed by atoms with Gasteiger partial charge in [0.2, 0.25) is 0 Å². The van der Waals surface area contributed by atoms with E-state index >= 15 is 0 Å². The van der Waals surface area contributed by atoms with Crippen molar-refractivity contribution < 1.29 is 4.79 Å². The Labute approximate surface area is 144 Å². The fourth-order valence-corrected chi connectivity index (χ4v) is 2.24. The van der Waals surface area contributed by atoms with Gasteiger partial charge in [0.25, 0.3) is 5.91 Å². The lowest BCUT2D eigenvalue weighted by Crippen LogP contribution is -2.29. The van der Waals surface area contributed by atoms with Gasteiger partial charge in [0, 0.05) is 39.6 Å². The Balaban J connectivity index is 1.80. The second kappa shape index (κ2) is 7.99. The molecule has 2 rings (SSSR count). The Kier molecular flexibility index (Phi) is 6.01. The first kappa shape index (κ1) is 17.3. The smallest absolute Gasteiger partial charge is 0.252 e. The van der Waals surface area contributed by atoms with Crippen LogP contribution >= 0.6 is 23.2 Å². The Morgan fingerprint density at radius 3 is 2.57 bits per heavy atom. The number of hydrogen-bond donors (Lipinski definition) is 2. The Morgan fingerprint density at radius 2 is 1.96 bits per heavy atom. The lowest BCUT2D eigenvalue weighted by atomic mass is 10.2. The van der Waals surface area contributed by atoms with Crippen LogP contribution in [-0.2, 0) is 0 Å². The van der Waals surface area contributed by atoms with E-state index in [-0.39, 0.29) is 5.91 Å². The average Bonchev–Trinajstić information content (AvgIpc) is 2.53. The fourth-order valence-electron chi connectivity index (χ4n) is 1.79. The number of hydrogen-bond acceptors (Lipinski definition) is 5. The van der Waals surface area contributed by atoms with Crippen LogP contribution in [0.2, 0.25) is 10.0 Å². The topological polar surface area (TPSA) is 70.2 Å². The molecule has 0 atom stereocenters. The number of amides is 1. The molecule has 0 unspecified atom stereocenters. The molecule has 0 aliphatic rings. The fraction of sp³-hybridized carbons (Fsp3) is 0.267. The number of carbonyl (C=O) groups is 1. The van der Waals surface area contributed by atoms with Gasteiger partial charge in [-0.05, 0) is 18.2 Å². The predicted molar refractivity (Wildman–Crippen MR) is 93.6 cm³/mol. The van der Waals surface area contributed by atoms with E-state index in [1.165, 1.54) is 6.20 Å². The van der Waals surface area contributed by atoms with Gasteiger partial charge in [-0.1, -0.05) is 23.2 Å². The van der Waals surface area contributed by atoms with Crippen molar-refractivity contribution in [3.8, 4) is 0 Å². The van der Waals surface area contributed by atoms with Crippen LogP contribution in [0.4, 0.5) is 11.6 Å². The Bertz CT molecular complexity index is 676. The molecular formula is C15H17Cl2N5O. The summed E-state index contributed by atoms with van der Waals surface area (Å²) in [6.07, 6.45) is 3.06. The molecule has 0 spiro atoms. The van der Waals surface area contributed by atoms with E-state index in [4.69, 9.17) is 23.2 Å². The summed E-state index contributed by atoms with van der Waals surface area (Å²) in [7, 11) is 3.79. The molecular weight excluding hydrogens is 337 g/mol. The minimum atomic E-state index is -0.181. The molecule has 0 aromatic carbocycles. The highest BCUT2D eigenvalue weighted by molar-refractivity contribution is 6.35. The van der Waals surface area contributed by atoms with Crippen LogP contribution in [0.1, 0.15) is 10.4 Å². The van der Waals surface area contributed by atoms with Gasteiger partial charge >= 0.3 is 0 Å². The minimum absolute atomic E-state index is 0.181. The maximum absolute atomic E-state index is 12.0. The maximum atomic E-state index is 12.0. The zero-order valence-corrected chi connectivity index (χ0v) is 14.3. The number of anilines is 2. The molecule has 0 saturated carbocycles. The molecule has 1 amide bonds. The molecule has 2 N–H and O–H groups in total. The molecule has 2 heterocycles. The van der Waals surface area contributed by atoms with Crippen LogP contribution in [0.5, 0.6) is 0 Å². The van der Waals surface area contributed by atoms with E-state index in [1.54, 1.807) is 24.4 Å². The van der Waals surface area contributed by atoms with Gasteiger partial charge in [-0.25, -0.2) is 9.97 Å². The zero-order valence-electron chi connectivity index (χ0n) is 12.8. The highest BCUT2D eigenvalue weighted by Gasteiger charge is 2.07. The maximum Gasteiger partial charge on any atom is 0.252 e. The zero-order chi connectivity index (χ0) is 16.8. The molecule has 6 nitrogen and oxygen atoms in total. The van der Waals surface area contributed by atoms with E-state index in [9.17, 15) is 4.79 Å². The Morgan fingerprint density at radius 1 is 1.17 bits per heavy atom. The number of nitrogens with zero attached hydrogens (tertiary/aromatic N) is 3. The molecule has 0 aliphatic heterocycles. The standard InChI is InChI=1S/C15H17Cl2N5O/c1-22(2)13-4-3-10(8-20-13)15(23)19-6-5-18-14-12(17)7-11(16)9-21-14/h3-4,7-9H,5-6H2,1-2H3,(H,18,21)(H,19,23). The summed E-state index contributed by atoms with van der Waals surface area (Å²) in [5.41, 5.74) is 0.512. The van der Waals surface area contributed by atoms with Crippen molar-refractivity contribution >= 4 is 40.7 Å². The van der Waals surface area contributed by atoms with Crippen LogP contribution in [-0.4, -0.2) is 43.1 Å². The first-order valence-electron chi connectivity index (χ1n) is 6.94. The number of aromatic nitrogens is 2. The van der Waals surface area contributed by atoms with Gasteiger partial charge in [0.05, 0.1) is 15.6 Å². The Hall–Kier alpha value is -2.05. The molecule has 2 aromatic heterocycles. The van der Waals surface area contributed by atoms with Crippen LogP contribution < -0.4 is 15.5 Å². The molecule has 0 bridgehead atoms. The number of carbonyl (C=O) groups excluding carboxylic acids is 1. The van der Waals surface area contributed by atoms with Gasteiger partial charge in [-0.15, -0.1) is 0 Å². The first-order chi connectivity index (χ1) is 11.0. The number of rotatable bonds is 6. The highest BCUT2D eigenvalue weighted by Crippen LogP contribution is 2.21. The van der Waals surface area contributed by atoms with Crippen LogP contribution in [0.15, 0.2) is 30.6 Å². The van der Waals surface area contributed by atoms with Crippen molar-refractivity contribution in [2.24, 2.45) is 0 Å². The summed E-state index contributed by atoms with van der Waals surface area (Å²) >= 11 is 11.8. The van der Waals surface area contributed by atoms with E-state index in [1.807, 2.05) is 19.0 Å². The summed E-state index contributed by atoms with van der Waals surface area (Å²) in [5, 5.41) is 6.74. The molecule has 2 aromatic rings. The average molecular weight is 354 g/mol. The molecule has 0 fully saturated rings. The predicted octanol–water partition coefficient (Wildman–Crippen LogP) is 2.69. The SMILES string of the molecule is CN(C)c1ccc(C(=O)NCCNc2ncc(Cl)cc2Cl)cn1. The van der Waals surface area contributed by atoms with Crippen molar-refractivity contribution in [1.29, 1.82) is 0 Å². The van der Waals surface area contributed by atoms with Crippen molar-refractivity contribution in [3.63, 3.8) is 0 Å². The second-order valence-corrected chi connectivity index (χ2v) is 5.81. The molecule has 23 heavy (non-hydrogen) atoms. The highest BCUT2D eigenvalue weighted by atomic mass is 35.5. The number of pyridine rings is 2. The van der Waals surface area contributed by atoms with Crippen LogP contribution in [0.25, 0.3) is 0 Å². The summed E-state index contributed by atoms with van der Waals surface area (Å²) in [5.74, 6) is 1.15. The third kappa shape index (κ3) is 4.97. The van der Waals surface area contributed by atoms with E-state index in [0.29, 0.717) is 34.5 Å². The van der Waals surface area contributed by atoms with Crippen molar-refractivity contribution in [1.82, 2.24) is 15.3 Å². The van der Waals surface area contributed by atoms with Crippen molar-refractivity contribution in [3.05, 3.63) is 46.2 Å². The van der Waals surface area contributed by atoms with E-state index in [0.717, 1.165) is 5.82 Å². The molecule has 8 heteroatoms. The summed E-state index contributed by atoms with van der Waals surface area (Å²) in [6.45, 7) is 0.915. The quantitative estimate of drug-likeness (QED) is 0.781. The lowest BCUT2D eigenvalue weighted by Gasteiger charge is -2.11. The number of nitrogens with one attached hydrogen (secondary N) is 2. The third-order valence-electron chi connectivity index (χ3n) is 2.98. The van der Waals surface area contributed by atoms with Crippen molar-refractivity contribution in [2.45, 2.75) is 0 Å². The van der Waals surface area contributed by atoms with Gasteiger partial charge in [0.1, 0.15) is 11.6 Å². The first-order valence-corrected chi connectivity index (χ1v) is 7.69. The monoisotopic (exact) mass is 353 g/mol. The molecule has 0 saturated heterocycles.